The van der Waals surface area contributed by atoms with Crippen molar-refractivity contribution in [3.05, 3.63) is 30.0 Å². The van der Waals surface area contributed by atoms with Crippen LogP contribution in [0.2, 0.25) is 0 Å². The minimum atomic E-state index is -3.73. The largest absolute Gasteiger partial charge is 0.477 e. The van der Waals surface area contributed by atoms with E-state index in [1.165, 1.54) is 6.20 Å². The number of nitrogens with one attached hydrogen (secondary N) is 1. The number of sulfonamides is 1. The Morgan fingerprint density at radius 3 is 3.09 bits per heavy atom. The van der Waals surface area contributed by atoms with E-state index in [0.29, 0.717) is 36.1 Å². The Morgan fingerprint density at radius 1 is 1.26 bits per heavy atom. The Bertz CT molecular complexity index is 846. The first-order chi connectivity index (χ1) is 11.1. The maximum atomic E-state index is 12.5. The molecule has 2 aliphatic rings. The summed E-state index contributed by atoms with van der Waals surface area (Å²) in [6.07, 6.45) is 2.13. The van der Waals surface area contributed by atoms with Gasteiger partial charge in [-0.3, -0.25) is 0 Å². The number of nitrogens with zero attached hydrogens (tertiary/aromatic N) is 2. The van der Waals surface area contributed by atoms with Crippen molar-refractivity contribution in [3.8, 4) is 17.4 Å². The Balaban J connectivity index is 1.57. The van der Waals surface area contributed by atoms with Gasteiger partial charge in [-0.1, -0.05) is 12.1 Å². The minimum Gasteiger partial charge on any atom is -0.477 e. The van der Waals surface area contributed by atoms with Gasteiger partial charge in [0.2, 0.25) is 22.7 Å². The average molecular weight is 337 g/mol. The van der Waals surface area contributed by atoms with Gasteiger partial charge in [0, 0.05) is 25.1 Å². The molecule has 9 heteroatoms. The van der Waals surface area contributed by atoms with E-state index in [1.807, 2.05) is 0 Å². The normalized spacial score (nSPS) is 16.0. The predicted octanol–water partition coefficient (Wildman–Crippen LogP) is 0.873. The average Bonchev–Trinajstić information content (AvgIpc) is 3.19. The molecule has 1 N–H and O–H groups in total. The van der Waals surface area contributed by atoms with Crippen LogP contribution in [-0.4, -0.2) is 31.6 Å². The van der Waals surface area contributed by atoms with Crippen LogP contribution in [0.1, 0.15) is 12.0 Å². The molecule has 0 unspecified atom stereocenters. The van der Waals surface area contributed by atoms with Crippen LogP contribution in [0.5, 0.6) is 17.4 Å². The van der Waals surface area contributed by atoms with Gasteiger partial charge >= 0.3 is 0 Å². The third kappa shape index (κ3) is 2.51. The van der Waals surface area contributed by atoms with Gasteiger partial charge in [-0.25, -0.2) is 17.8 Å². The van der Waals surface area contributed by atoms with Gasteiger partial charge in [-0.2, -0.15) is 5.10 Å². The zero-order valence-electron chi connectivity index (χ0n) is 12.2. The fourth-order valence-corrected chi connectivity index (χ4v) is 3.69. The molecule has 0 bridgehead atoms. The summed E-state index contributed by atoms with van der Waals surface area (Å²) in [7, 11) is -3.73. The van der Waals surface area contributed by atoms with Gasteiger partial charge in [0.05, 0.1) is 12.8 Å². The maximum absolute atomic E-state index is 12.5. The zero-order valence-corrected chi connectivity index (χ0v) is 13.0. The molecule has 4 rings (SSSR count). The molecule has 122 valence electrons. The van der Waals surface area contributed by atoms with Crippen molar-refractivity contribution in [2.75, 3.05) is 13.4 Å². The number of para-hydroxylation sites is 1. The summed E-state index contributed by atoms with van der Waals surface area (Å²) in [5, 5.41) is 4.06. The SMILES string of the molecule is O=S(=O)(NCc1cccc2c1OCO2)c1cnn2c1OCCC2. The second-order valence-corrected chi connectivity index (χ2v) is 6.95. The molecule has 0 spiro atoms. The number of hydrogen-bond acceptors (Lipinski definition) is 6. The Morgan fingerprint density at radius 2 is 2.17 bits per heavy atom. The topological polar surface area (TPSA) is 91.7 Å². The van der Waals surface area contributed by atoms with Crippen LogP contribution in [0, 0.1) is 0 Å². The number of aromatic nitrogens is 2. The highest BCUT2D eigenvalue weighted by atomic mass is 32.2. The number of rotatable bonds is 4. The van der Waals surface area contributed by atoms with Crippen LogP contribution in [-0.2, 0) is 23.1 Å². The molecule has 1 aromatic carbocycles. The van der Waals surface area contributed by atoms with Crippen LogP contribution < -0.4 is 18.9 Å². The van der Waals surface area contributed by atoms with Gasteiger partial charge in [0.25, 0.3) is 0 Å². The third-order valence-electron chi connectivity index (χ3n) is 3.73. The monoisotopic (exact) mass is 337 g/mol. The highest BCUT2D eigenvalue weighted by molar-refractivity contribution is 7.89. The highest BCUT2D eigenvalue weighted by Gasteiger charge is 2.27. The zero-order chi connectivity index (χ0) is 15.9. The van der Waals surface area contributed by atoms with E-state index < -0.39 is 10.0 Å². The molecule has 0 saturated carbocycles. The van der Waals surface area contributed by atoms with Gasteiger partial charge in [0.1, 0.15) is 0 Å². The molecule has 0 aliphatic carbocycles. The van der Waals surface area contributed by atoms with E-state index in [2.05, 4.69) is 9.82 Å². The van der Waals surface area contributed by atoms with Gasteiger partial charge < -0.3 is 14.2 Å². The van der Waals surface area contributed by atoms with E-state index in [-0.39, 0.29) is 18.2 Å². The minimum absolute atomic E-state index is 0.0574. The fourth-order valence-electron chi connectivity index (χ4n) is 2.61. The molecule has 8 nitrogen and oxygen atoms in total. The van der Waals surface area contributed by atoms with Crippen LogP contribution in [0.4, 0.5) is 0 Å². The van der Waals surface area contributed by atoms with E-state index in [1.54, 1.807) is 22.9 Å². The smallest absolute Gasteiger partial charge is 0.247 e. The molecule has 0 saturated heterocycles. The third-order valence-corrected chi connectivity index (χ3v) is 5.12. The van der Waals surface area contributed by atoms with Crippen LogP contribution >= 0.6 is 0 Å². The Hall–Kier alpha value is -2.26. The first-order valence-electron chi connectivity index (χ1n) is 7.21. The van der Waals surface area contributed by atoms with Crippen LogP contribution in [0.25, 0.3) is 0 Å². The highest BCUT2D eigenvalue weighted by Crippen LogP contribution is 2.35. The molecule has 0 atom stereocenters. The van der Waals surface area contributed by atoms with Gasteiger partial charge in [-0.05, 0) is 6.07 Å². The first-order valence-corrected chi connectivity index (χ1v) is 8.69. The second-order valence-electron chi connectivity index (χ2n) is 5.21. The number of ether oxygens (including phenoxy) is 3. The number of fused-ring (bicyclic) bond motifs is 2. The molecule has 23 heavy (non-hydrogen) atoms. The van der Waals surface area contributed by atoms with Gasteiger partial charge in [-0.15, -0.1) is 0 Å². The van der Waals surface area contributed by atoms with Crippen molar-refractivity contribution in [3.63, 3.8) is 0 Å². The molecule has 2 aromatic rings. The molecule has 3 heterocycles. The summed E-state index contributed by atoms with van der Waals surface area (Å²) in [6, 6.07) is 5.37. The summed E-state index contributed by atoms with van der Waals surface area (Å²) in [5.41, 5.74) is 0.713. The van der Waals surface area contributed by atoms with Gasteiger partial charge in [0.15, 0.2) is 16.4 Å². The van der Waals surface area contributed by atoms with E-state index in [9.17, 15) is 8.42 Å². The predicted molar refractivity (Wildman–Crippen MR) is 78.9 cm³/mol. The lowest BCUT2D eigenvalue weighted by molar-refractivity contribution is 0.173. The maximum Gasteiger partial charge on any atom is 0.247 e. The molecular formula is C14H15N3O5S. The standard InChI is InChI=1S/C14H15N3O5S/c18-23(19,12-8-15-17-5-2-6-20-14(12)17)16-7-10-3-1-4-11-13(10)22-9-21-11/h1,3-4,8,16H,2,5-7,9H2. The quantitative estimate of drug-likeness (QED) is 0.890. The van der Waals surface area contributed by atoms with E-state index in [4.69, 9.17) is 14.2 Å². The van der Waals surface area contributed by atoms with Crippen molar-refractivity contribution >= 4 is 10.0 Å². The summed E-state index contributed by atoms with van der Waals surface area (Å²) in [4.78, 5) is 0.0574. The molecule has 2 aliphatic heterocycles. The summed E-state index contributed by atoms with van der Waals surface area (Å²) < 4.78 is 45.3. The Labute approximate surface area is 133 Å². The summed E-state index contributed by atoms with van der Waals surface area (Å²) in [6.45, 7) is 1.39. The van der Waals surface area contributed by atoms with Crippen molar-refractivity contribution < 1.29 is 22.6 Å². The summed E-state index contributed by atoms with van der Waals surface area (Å²) >= 11 is 0. The van der Waals surface area contributed by atoms with Crippen molar-refractivity contribution in [1.82, 2.24) is 14.5 Å². The van der Waals surface area contributed by atoms with Crippen molar-refractivity contribution in [2.45, 2.75) is 24.4 Å². The lowest BCUT2D eigenvalue weighted by Gasteiger charge is -2.16. The van der Waals surface area contributed by atoms with Crippen LogP contribution in [0.3, 0.4) is 0 Å². The van der Waals surface area contributed by atoms with E-state index in [0.717, 1.165) is 6.42 Å². The number of hydrogen-bond donors (Lipinski definition) is 1. The molecular weight excluding hydrogens is 322 g/mol. The fraction of sp³-hybridized carbons (Fsp3) is 0.357. The molecule has 0 fully saturated rings. The first kappa shape index (κ1) is 14.3. The number of benzene rings is 1. The molecule has 0 amide bonds. The second kappa shape index (κ2) is 5.43. The summed E-state index contributed by atoms with van der Waals surface area (Å²) in [5.74, 6) is 1.48. The Kier molecular flexibility index (Phi) is 3.38. The molecule has 1 aromatic heterocycles. The lowest BCUT2D eigenvalue weighted by Crippen LogP contribution is -2.24. The van der Waals surface area contributed by atoms with Crippen LogP contribution in [0.15, 0.2) is 29.3 Å². The van der Waals surface area contributed by atoms with Crippen molar-refractivity contribution in [2.24, 2.45) is 0 Å². The lowest BCUT2D eigenvalue weighted by atomic mass is 10.2. The molecule has 0 radical (unpaired) electrons. The number of aryl methyl sites for hydroxylation is 1. The van der Waals surface area contributed by atoms with Crippen molar-refractivity contribution in [1.29, 1.82) is 0 Å². The van der Waals surface area contributed by atoms with E-state index >= 15 is 0 Å².